The number of nitrogens with zero attached hydrogens (tertiary/aromatic N) is 5. The average Bonchev–Trinajstić information content (AvgIpc) is 3.25. The van der Waals surface area contributed by atoms with Crippen molar-refractivity contribution < 1.29 is 28.3 Å². The fraction of sp³-hybridized carbons (Fsp3) is 0.609. The lowest BCUT2D eigenvalue weighted by atomic mass is 9.82. The van der Waals surface area contributed by atoms with Crippen LogP contribution in [0.5, 0.6) is 0 Å². The molecule has 4 aliphatic rings. The normalized spacial score (nSPS) is 19.7. The molecule has 4 fully saturated rings. The van der Waals surface area contributed by atoms with Gasteiger partial charge in [-0.1, -0.05) is 64.3 Å². The second-order valence-electron chi connectivity index (χ2n) is 18.5. The van der Waals surface area contributed by atoms with E-state index in [1.807, 2.05) is 37.8 Å². The summed E-state index contributed by atoms with van der Waals surface area (Å²) in [5.41, 5.74) is 0.876. The highest BCUT2D eigenvalue weighted by molar-refractivity contribution is 5.95. The Morgan fingerprint density at radius 1 is 0.817 bits per heavy atom. The summed E-state index contributed by atoms with van der Waals surface area (Å²) < 4.78 is 21.6. The minimum Gasteiger partial charge on any atom is -0.375 e. The number of fused-ring (bicyclic) bond motifs is 1. The van der Waals surface area contributed by atoms with Crippen LogP contribution in [-0.4, -0.2) is 131 Å². The number of piperazine rings is 1. The number of ether oxygens (including phenoxy) is 1. The molecule has 1 atom stereocenters. The van der Waals surface area contributed by atoms with E-state index < -0.39 is 17.8 Å². The third kappa shape index (κ3) is 11.0. The van der Waals surface area contributed by atoms with Gasteiger partial charge in [0, 0.05) is 70.6 Å². The fourth-order valence-corrected chi connectivity index (χ4v) is 9.41. The van der Waals surface area contributed by atoms with Crippen LogP contribution < -0.4 is 10.9 Å². The minimum atomic E-state index is -0.605. The molecule has 7 rings (SSSR count). The molecule has 1 aliphatic carbocycles. The van der Waals surface area contributed by atoms with Crippen LogP contribution in [0, 0.1) is 17.2 Å². The van der Waals surface area contributed by atoms with Gasteiger partial charge in [-0.25, -0.2) is 9.49 Å². The van der Waals surface area contributed by atoms with Gasteiger partial charge in [-0.15, -0.1) is 0 Å². The lowest BCUT2D eigenvalue weighted by Gasteiger charge is -2.40. The van der Waals surface area contributed by atoms with Gasteiger partial charge in [0.15, 0.2) is 0 Å². The van der Waals surface area contributed by atoms with Crippen molar-refractivity contribution in [1.82, 2.24) is 35.1 Å². The molecule has 2 N–H and O–H groups in total. The van der Waals surface area contributed by atoms with Gasteiger partial charge >= 0.3 is 0 Å². The summed E-state index contributed by atoms with van der Waals surface area (Å²) in [6.45, 7) is 10.6. The molecule has 4 amide bonds. The number of H-pyrrole nitrogens is 1. The lowest BCUT2D eigenvalue weighted by Crippen LogP contribution is -2.55. The molecule has 2 aromatic carbocycles. The van der Waals surface area contributed by atoms with Gasteiger partial charge in [0.1, 0.15) is 11.9 Å². The number of aromatic nitrogens is 2. The molecule has 3 aliphatic heterocycles. The quantitative estimate of drug-likeness (QED) is 0.277. The monoisotopic (exact) mass is 827 g/mol. The molecule has 0 bridgehead atoms. The van der Waals surface area contributed by atoms with Crippen LogP contribution in [0.3, 0.4) is 0 Å². The van der Waals surface area contributed by atoms with Gasteiger partial charge in [-0.05, 0) is 73.6 Å². The first-order valence-electron chi connectivity index (χ1n) is 22.1. The van der Waals surface area contributed by atoms with E-state index >= 15 is 4.39 Å². The van der Waals surface area contributed by atoms with E-state index in [0.717, 1.165) is 64.5 Å². The first-order valence-corrected chi connectivity index (χ1v) is 22.1. The lowest BCUT2D eigenvalue weighted by molar-refractivity contribution is -0.142. The van der Waals surface area contributed by atoms with Gasteiger partial charge in [-0.2, -0.15) is 5.10 Å². The topological polar surface area (TPSA) is 148 Å². The van der Waals surface area contributed by atoms with E-state index in [1.165, 1.54) is 12.5 Å². The van der Waals surface area contributed by atoms with Crippen molar-refractivity contribution in [1.29, 1.82) is 0 Å². The molecule has 13 nitrogen and oxygen atoms in total. The van der Waals surface area contributed by atoms with Crippen molar-refractivity contribution in [3.05, 3.63) is 75.5 Å². The van der Waals surface area contributed by atoms with Crippen molar-refractivity contribution in [2.24, 2.45) is 11.3 Å². The Morgan fingerprint density at radius 2 is 1.45 bits per heavy atom. The Labute approximate surface area is 352 Å². The molecule has 1 saturated carbocycles. The largest absolute Gasteiger partial charge is 0.375 e. The smallest absolute Gasteiger partial charge is 0.272 e. The molecule has 3 aromatic rings. The molecule has 1 aromatic heterocycles. The average molecular weight is 828 g/mol. The van der Waals surface area contributed by atoms with Crippen LogP contribution in [0.2, 0.25) is 0 Å². The van der Waals surface area contributed by atoms with Crippen molar-refractivity contribution in [3.63, 3.8) is 0 Å². The first-order chi connectivity index (χ1) is 28.8. The maximum Gasteiger partial charge on any atom is 0.272 e. The van der Waals surface area contributed by atoms with E-state index in [9.17, 15) is 24.0 Å². The predicted molar refractivity (Wildman–Crippen MR) is 227 cm³/mol. The maximum absolute atomic E-state index is 15.0. The third-order valence-corrected chi connectivity index (χ3v) is 12.8. The molecule has 60 heavy (non-hydrogen) atoms. The zero-order valence-corrected chi connectivity index (χ0v) is 35.6. The summed E-state index contributed by atoms with van der Waals surface area (Å²) in [6.07, 6.45) is 9.46. The van der Waals surface area contributed by atoms with E-state index in [0.29, 0.717) is 80.7 Å². The van der Waals surface area contributed by atoms with Gasteiger partial charge < -0.3 is 24.8 Å². The van der Waals surface area contributed by atoms with E-state index in [1.54, 1.807) is 34.1 Å². The number of likely N-dealkylation sites (tertiary alicyclic amines) is 2. The number of hydrogen-bond acceptors (Lipinski definition) is 8. The first kappa shape index (κ1) is 43.4. The number of piperidine rings is 2. The van der Waals surface area contributed by atoms with Gasteiger partial charge in [-0.3, -0.25) is 28.9 Å². The van der Waals surface area contributed by atoms with Crippen LogP contribution in [0.4, 0.5) is 4.39 Å². The maximum atomic E-state index is 15.0. The summed E-state index contributed by atoms with van der Waals surface area (Å²) in [5.74, 6) is -0.794. The summed E-state index contributed by atoms with van der Waals surface area (Å²) in [6, 6.07) is 11.2. The number of carbonyl (C=O) groups excluding carboxylic acids is 4. The van der Waals surface area contributed by atoms with Crippen molar-refractivity contribution in [2.75, 3.05) is 58.9 Å². The van der Waals surface area contributed by atoms with Gasteiger partial charge in [0.2, 0.25) is 17.7 Å². The summed E-state index contributed by atoms with van der Waals surface area (Å²) in [5, 5.41) is 11.1. The molecule has 4 heterocycles. The fourth-order valence-electron chi connectivity index (χ4n) is 9.41. The molecule has 0 unspecified atom stereocenters. The Balaban J connectivity index is 0.828. The molecule has 0 spiro atoms. The highest BCUT2D eigenvalue weighted by Gasteiger charge is 2.37. The number of rotatable bonds is 11. The Kier molecular flexibility index (Phi) is 14.0. The second-order valence-corrected chi connectivity index (χ2v) is 18.5. The number of aromatic amines is 1. The number of halogens is 1. The van der Waals surface area contributed by atoms with Crippen LogP contribution in [-0.2, 0) is 25.5 Å². The summed E-state index contributed by atoms with van der Waals surface area (Å²) in [7, 11) is 0. The van der Waals surface area contributed by atoms with Crippen LogP contribution >= 0.6 is 0 Å². The molecule has 14 heteroatoms. The second kappa shape index (κ2) is 19.4. The predicted octanol–water partition coefficient (Wildman–Crippen LogP) is 4.91. The number of carbonyl (C=O) groups is 4. The van der Waals surface area contributed by atoms with E-state index in [-0.39, 0.29) is 52.4 Å². The highest BCUT2D eigenvalue weighted by atomic mass is 19.1. The number of amides is 4. The molecular weight excluding hydrogens is 766 g/mol. The number of benzene rings is 2. The van der Waals surface area contributed by atoms with Gasteiger partial charge in [0.25, 0.3) is 11.5 Å². The minimum absolute atomic E-state index is 0.0217. The van der Waals surface area contributed by atoms with Crippen LogP contribution in [0.1, 0.15) is 107 Å². The third-order valence-electron chi connectivity index (χ3n) is 12.8. The van der Waals surface area contributed by atoms with E-state index in [2.05, 4.69) is 20.4 Å². The van der Waals surface area contributed by atoms with Crippen LogP contribution in [0.15, 0.2) is 47.3 Å². The standard InChI is InChI=1S/C46H62FN7O6/c1-46(2,3)29-40(55)48-42(32-9-5-4-6-10-32)45(59)53-21-17-34(18-22-53)60-33-15-19-51(20-16-33)30-41(56)52-23-25-54(26-24-52)44(58)37-27-31(13-14-38(37)47)28-39-35-11-7-8-12-36(35)43(57)50-49-39/h7-8,11-14,27,32-34,42H,4-6,9-10,15-26,28-30H2,1-3H3,(H,48,55)(H,50,57)/t42-/m1/s1. The molecule has 324 valence electrons. The van der Waals surface area contributed by atoms with Crippen LogP contribution in [0.25, 0.3) is 10.8 Å². The summed E-state index contributed by atoms with van der Waals surface area (Å²) in [4.78, 5) is 73.4. The Hall–Kier alpha value is -4.69. The Bertz CT molecular complexity index is 2060. The van der Waals surface area contributed by atoms with Crippen molar-refractivity contribution in [2.45, 2.75) is 110 Å². The number of nitrogens with one attached hydrogen (secondary N) is 2. The van der Waals surface area contributed by atoms with Gasteiger partial charge in [0.05, 0.1) is 35.4 Å². The van der Waals surface area contributed by atoms with E-state index in [4.69, 9.17) is 4.74 Å². The number of hydrogen-bond donors (Lipinski definition) is 2. The SMILES string of the molecule is CC(C)(C)CC(=O)N[C@@H](C(=O)N1CCC(OC2CCN(CC(=O)N3CCN(C(=O)c4cc(Cc5n[nH]c(=O)c6ccccc56)ccc4F)CC3)CC2)CC1)C1CCCCC1. The zero-order valence-electron chi connectivity index (χ0n) is 35.6. The Morgan fingerprint density at radius 3 is 2.12 bits per heavy atom. The van der Waals surface area contributed by atoms with Crippen molar-refractivity contribution >= 4 is 34.4 Å². The molecule has 0 radical (unpaired) electrons. The summed E-state index contributed by atoms with van der Waals surface area (Å²) >= 11 is 0. The molecule has 3 saturated heterocycles. The zero-order chi connectivity index (χ0) is 42.4. The van der Waals surface area contributed by atoms with Crippen molar-refractivity contribution in [3.8, 4) is 0 Å². The molecular formula is C46H62FN7O6. The highest BCUT2D eigenvalue weighted by Crippen LogP contribution is 2.30.